The zero-order valence-corrected chi connectivity index (χ0v) is 25.3. The molecule has 0 N–H and O–H groups in total. The Balaban J connectivity index is 1.61. The number of rotatable bonds is 19. The highest BCUT2D eigenvalue weighted by Gasteiger charge is 2.25. The number of oxime groups is 1. The van der Waals surface area contributed by atoms with Gasteiger partial charge in [0, 0.05) is 15.4 Å². The molecule has 0 saturated carbocycles. The van der Waals surface area contributed by atoms with Crippen molar-refractivity contribution in [1.29, 1.82) is 0 Å². The molecule has 3 aromatic carbocycles. The maximum atomic E-state index is 13.3. The molecule has 0 bridgehead atoms. The summed E-state index contributed by atoms with van der Waals surface area (Å²) in [4.78, 5) is 20.7. The molecule has 0 amide bonds. The molecule has 0 aromatic heterocycles. The molecular formula is C33H38NO5PS. The number of hydrogen-bond acceptors (Lipinski definition) is 7. The van der Waals surface area contributed by atoms with E-state index in [1.807, 2.05) is 30.3 Å². The first kappa shape index (κ1) is 32.3. The van der Waals surface area contributed by atoms with Gasteiger partial charge in [-0.25, -0.2) is 0 Å². The quantitative estimate of drug-likeness (QED) is 0.0345. The molecule has 0 radical (unpaired) electrons. The number of ketones is 1. The summed E-state index contributed by atoms with van der Waals surface area (Å²) >= 11 is 1.63. The van der Waals surface area contributed by atoms with Crippen LogP contribution in [0.3, 0.4) is 0 Å². The minimum absolute atomic E-state index is 0.165. The molecule has 0 spiro atoms. The second kappa shape index (κ2) is 17.6. The van der Waals surface area contributed by atoms with Crippen molar-refractivity contribution in [3.8, 4) is 11.1 Å². The fourth-order valence-electron chi connectivity index (χ4n) is 3.82. The lowest BCUT2D eigenvalue weighted by Gasteiger charge is -2.18. The van der Waals surface area contributed by atoms with Crippen LogP contribution in [0.5, 0.6) is 0 Å². The normalized spacial score (nSPS) is 11.7. The van der Waals surface area contributed by atoms with Crippen molar-refractivity contribution < 1.29 is 23.2 Å². The average molecular weight is 592 g/mol. The highest BCUT2D eigenvalue weighted by molar-refractivity contribution is 7.99. The van der Waals surface area contributed by atoms with Gasteiger partial charge in [0.25, 0.3) is 0 Å². The zero-order valence-electron chi connectivity index (χ0n) is 23.6. The van der Waals surface area contributed by atoms with E-state index < -0.39 is 7.60 Å². The first-order chi connectivity index (χ1) is 20.0. The first-order valence-corrected chi connectivity index (χ1v) is 16.3. The summed E-state index contributed by atoms with van der Waals surface area (Å²) in [5, 5.41) is 4.08. The molecule has 0 unspecified atom stereocenters. The average Bonchev–Trinajstić information content (AvgIpc) is 3.00. The van der Waals surface area contributed by atoms with E-state index >= 15 is 0 Å². The van der Waals surface area contributed by atoms with Crippen molar-refractivity contribution in [2.24, 2.45) is 5.16 Å². The van der Waals surface area contributed by atoms with E-state index in [9.17, 15) is 9.36 Å². The van der Waals surface area contributed by atoms with Crippen LogP contribution in [0.1, 0.15) is 43.0 Å². The van der Waals surface area contributed by atoms with Crippen LogP contribution in [-0.4, -0.2) is 37.5 Å². The molecule has 3 rings (SSSR count). The second-order valence-corrected chi connectivity index (χ2v) is 12.4. The molecule has 0 fully saturated rings. The molecule has 0 atom stereocenters. The molecule has 0 saturated heterocycles. The summed E-state index contributed by atoms with van der Waals surface area (Å²) in [6, 6.07) is 26.1. The molecule has 216 valence electrons. The fourth-order valence-corrected chi connectivity index (χ4v) is 6.28. The Labute approximate surface area is 248 Å². The topological polar surface area (TPSA) is 74.2 Å². The number of hydrogen-bond donors (Lipinski definition) is 0. The Morgan fingerprint density at radius 3 is 1.98 bits per heavy atom. The standard InChI is InChI=1S/C33H38NO5PS/c1-4-7-24-38-40(36,39-25-8-5-2)26-12-15-32(34-37-6-3)33(35)29-18-22-31(23-19-29)41-30-20-16-28(17-21-30)27-13-10-9-11-14-27/h4-5,9-11,13-14,16-23H,1-2,6-8,12,15,24-26H2,3H3/b34-32-. The maximum absolute atomic E-state index is 13.3. The Bertz CT molecular complexity index is 1310. The predicted octanol–water partition coefficient (Wildman–Crippen LogP) is 9.24. The lowest BCUT2D eigenvalue weighted by molar-refractivity contribution is 0.104. The minimum atomic E-state index is -3.33. The summed E-state index contributed by atoms with van der Waals surface area (Å²) in [7, 11) is -3.33. The van der Waals surface area contributed by atoms with E-state index in [2.05, 4.69) is 54.7 Å². The Morgan fingerprint density at radius 1 is 0.854 bits per heavy atom. The van der Waals surface area contributed by atoms with Crippen LogP contribution in [0, 0.1) is 0 Å². The van der Waals surface area contributed by atoms with Gasteiger partial charge in [0.2, 0.25) is 5.78 Å². The molecule has 3 aromatic rings. The molecule has 8 heteroatoms. The molecule has 41 heavy (non-hydrogen) atoms. The van der Waals surface area contributed by atoms with Crippen molar-refractivity contribution in [2.45, 2.75) is 42.4 Å². The molecular weight excluding hydrogens is 553 g/mol. The van der Waals surface area contributed by atoms with Gasteiger partial charge >= 0.3 is 7.60 Å². The van der Waals surface area contributed by atoms with Gasteiger partial charge in [0.1, 0.15) is 12.3 Å². The van der Waals surface area contributed by atoms with Gasteiger partial charge in [0.15, 0.2) is 0 Å². The lowest BCUT2D eigenvalue weighted by Crippen LogP contribution is -2.16. The van der Waals surface area contributed by atoms with Gasteiger partial charge in [-0.3, -0.25) is 9.36 Å². The van der Waals surface area contributed by atoms with Gasteiger partial charge in [-0.1, -0.05) is 71.5 Å². The third kappa shape index (κ3) is 10.9. The van der Waals surface area contributed by atoms with Crippen LogP contribution in [0.25, 0.3) is 11.1 Å². The van der Waals surface area contributed by atoms with E-state index in [-0.39, 0.29) is 37.3 Å². The molecule has 0 aliphatic carbocycles. The van der Waals surface area contributed by atoms with Crippen LogP contribution in [-0.2, 0) is 18.5 Å². The van der Waals surface area contributed by atoms with Crippen molar-refractivity contribution >= 4 is 30.9 Å². The number of carbonyl (C=O) groups is 1. The van der Waals surface area contributed by atoms with Crippen molar-refractivity contribution in [2.75, 3.05) is 26.0 Å². The summed E-state index contributed by atoms with van der Waals surface area (Å²) in [6.07, 6.45) is 5.37. The monoisotopic (exact) mass is 591 g/mol. The Morgan fingerprint density at radius 2 is 1.41 bits per heavy atom. The Hall–Kier alpha value is -3.22. The summed E-state index contributed by atoms with van der Waals surface area (Å²) in [6.45, 7) is 9.99. The van der Waals surface area contributed by atoms with Crippen LogP contribution in [0.15, 0.2) is 119 Å². The number of benzene rings is 3. The second-order valence-electron chi connectivity index (χ2n) is 9.06. The first-order valence-electron chi connectivity index (χ1n) is 13.7. The number of nitrogens with zero attached hydrogens (tertiary/aromatic N) is 1. The third-order valence-electron chi connectivity index (χ3n) is 5.95. The molecule has 0 aliphatic rings. The minimum Gasteiger partial charge on any atom is -0.396 e. The van der Waals surface area contributed by atoms with E-state index in [0.717, 1.165) is 9.79 Å². The van der Waals surface area contributed by atoms with Crippen molar-refractivity contribution in [3.05, 3.63) is 110 Å². The summed E-state index contributed by atoms with van der Waals surface area (Å²) < 4.78 is 24.4. The zero-order chi connectivity index (χ0) is 29.3. The predicted molar refractivity (Wildman–Crippen MR) is 169 cm³/mol. The van der Waals surface area contributed by atoms with Gasteiger partial charge in [-0.05, 0) is 80.1 Å². The third-order valence-corrected chi connectivity index (χ3v) is 8.98. The van der Waals surface area contributed by atoms with E-state index in [1.165, 1.54) is 11.1 Å². The van der Waals surface area contributed by atoms with Crippen molar-refractivity contribution in [3.63, 3.8) is 0 Å². The Kier molecular flexibility index (Phi) is 13.8. The van der Waals surface area contributed by atoms with Gasteiger partial charge in [-0.2, -0.15) is 0 Å². The summed E-state index contributed by atoms with van der Waals surface area (Å²) in [5.41, 5.74) is 3.13. The number of carbonyl (C=O) groups excluding carboxylic acids is 1. The van der Waals surface area contributed by atoms with Gasteiger partial charge < -0.3 is 13.9 Å². The maximum Gasteiger partial charge on any atom is 0.330 e. The van der Waals surface area contributed by atoms with Crippen LogP contribution < -0.4 is 0 Å². The van der Waals surface area contributed by atoms with Crippen molar-refractivity contribution in [1.82, 2.24) is 0 Å². The lowest BCUT2D eigenvalue weighted by atomic mass is 10.0. The van der Waals surface area contributed by atoms with Gasteiger partial charge in [-0.15, -0.1) is 13.2 Å². The highest BCUT2D eigenvalue weighted by atomic mass is 32.2. The SMILES string of the molecule is C=CCCOP(=O)(CCC/C(=N/OCC)C(=O)c1ccc(Sc2ccc(-c3ccccc3)cc2)cc1)OCCC=C. The van der Waals surface area contributed by atoms with E-state index in [4.69, 9.17) is 13.9 Å². The van der Waals surface area contributed by atoms with Crippen LogP contribution in [0.4, 0.5) is 0 Å². The molecule has 6 nitrogen and oxygen atoms in total. The molecule has 0 heterocycles. The van der Waals surface area contributed by atoms with Crippen LogP contribution >= 0.6 is 19.4 Å². The van der Waals surface area contributed by atoms with Gasteiger partial charge in [0.05, 0.1) is 19.4 Å². The highest BCUT2D eigenvalue weighted by Crippen LogP contribution is 2.49. The van der Waals surface area contributed by atoms with E-state index in [1.54, 1.807) is 43.0 Å². The largest absolute Gasteiger partial charge is 0.396 e. The smallest absolute Gasteiger partial charge is 0.330 e. The molecule has 0 aliphatic heterocycles. The fraction of sp³-hybridized carbons (Fsp3) is 0.273. The number of Topliss-reactive ketones (excluding diaryl/α,β-unsaturated/α-hetero) is 1. The summed E-state index contributed by atoms with van der Waals surface area (Å²) in [5.74, 6) is -0.225. The van der Waals surface area contributed by atoms with E-state index in [0.29, 0.717) is 31.4 Å². The van der Waals surface area contributed by atoms with Crippen LogP contribution in [0.2, 0.25) is 0 Å².